The average Bonchev–Trinajstić information content (AvgIpc) is 2.43. The molecule has 2 N–H and O–H groups in total. The van der Waals surface area contributed by atoms with Gasteiger partial charge in [0.15, 0.2) is 0 Å². The first-order chi connectivity index (χ1) is 10.00. The Kier molecular flexibility index (Phi) is 5.33. The van der Waals surface area contributed by atoms with E-state index in [4.69, 9.17) is 0 Å². The first-order valence-electron chi connectivity index (χ1n) is 6.32. The predicted octanol–water partition coefficient (Wildman–Crippen LogP) is 2.51. The monoisotopic (exact) mass is 369 g/mol. The molecular weight excluding hydrogens is 354 g/mol. The zero-order valence-electron chi connectivity index (χ0n) is 11.5. The predicted molar refractivity (Wildman–Crippen MR) is 87.4 cm³/mol. The minimum Gasteiger partial charge on any atom is -0.316 e. The summed E-state index contributed by atoms with van der Waals surface area (Å²) in [6.45, 7) is 0.759. The van der Waals surface area contributed by atoms with Crippen LogP contribution in [0.4, 0.5) is 5.69 Å². The minimum atomic E-state index is -3.46. The molecule has 1 aromatic carbocycles. The summed E-state index contributed by atoms with van der Waals surface area (Å²) in [5.41, 5.74) is 2.34. The number of aromatic nitrogens is 1. The number of halogens is 1. The molecule has 1 heterocycles. The summed E-state index contributed by atoms with van der Waals surface area (Å²) < 4.78 is 27.5. The van der Waals surface area contributed by atoms with Crippen LogP contribution in [0.25, 0.3) is 0 Å². The Morgan fingerprint density at radius 1 is 1.14 bits per heavy atom. The number of benzene rings is 1. The summed E-state index contributed by atoms with van der Waals surface area (Å²) in [6, 6.07) is 9.10. The maximum Gasteiger partial charge on any atom is 0.236 e. The van der Waals surface area contributed by atoms with E-state index >= 15 is 0 Å². The van der Waals surface area contributed by atoms with Crippen LogP contribution in [-0.4, -0.2) is 20.4 Å². The number of rotatable bonds is 6. The largest absolute Gasteiger partial charge is 0.316 e. The molecule has 0 unspecified atom stereocenters. The van der Waals surface area contributed by atoms with E-state index in [1.54, 1.807) is 12.3 Å². The van der Waals surface area contributed by atoms with Crippen molar-refractivity contribution in [2.45, 2.75) is 12.3 Å². The van der Waals surface area contributed by atoms with E-state index in [0.717, 1.165) is 17.7 Å². The highest BCUT2D eigenvalue weighted by Gasteiger charge is 2.13. The van der Waals surface area contributed by atoms with Crippen molar-refractivity contribution in [2.24, 2.45) is 0 Å². The van der Waals surface area contributed by atoms with Crippen molar-refractivity contribution in [1.29, 1.82) is 0 Å². The molecule has 0 aliphatic rings. The van der Waals surface area contributed by atoms with Gasteiger partial charge in [-0.15, -0.1) is 0 Å². The summed E-state index contributed by atoms with van der Waals surface area (Å²) in [7, 11) is -1.59. The van der Waals surface area contributed by atoms with Gasteiger partial charge in [0.2, 0.25) is 10.0 Å². The van der Waals surface area contributed by atoms with Crippen molar-refractivity contribution >= 4 is 31.6 Å². The van der Waals surface area contributed by atoms with Gasteiger partial charge in [-0.1, -0.05) is 24.3 Å². The molecule has 2 rings (SSSR count). The molecule has 2 aromatic rings. The maximum absolute atomic E-state index is 12.2. The van der Waals surface area contributed by atoms with Crippen molar-refractivity contribution in [3.05, 3.63) is 58.3 Å². The van der Waals surface area contributed by atoms with Crippen molar-refractivity contribution in [3.8, 4) is 0 Å². The third kappa shape index (κ3) is 4.80. The molecule has 21 heavy (non-hydrogen) atoms. The summed E-state index contributed by atoms with van der Waals surface area (Å²) in [5.74, 6) is -0.0679. The second-order valence-corrected chi connectivity index (χ2v) is 7.14. The third-order valence-corrected chi connectivity index (χ3v) is 4.67. The van der Waals surface area contributed by atoms with Gasteiger partial charge < -0.3 is 5.32 Å². The van der Waals surface area contributed by atoms with E-state index in [1.165, 1.54) is 6.20 Å². The second kappa shape index (κ2) is 7.02. The van der Waals surface area contributed by atoms with E-state index in [2.05, 4.69) is 31.0 Å². The molecule has 0 amide bonds. The lowest BCUT2D eigenvalue weighted by Crippen LogP contribution is -2.15. The summed E-state index contributed by atoms with van der Waals surface area (Å²) >= 11 is 3.26. The van der Waals surface area contributed by atoms with Crippen LogP contribution < -0.4 is 10.0 Å². The van der Waals surface area contributed by atoms with Crippen molar-refractivity contribution < 1.29 is 8.42 Å². The van der Waals surface area contributed by atoms with Crippen LogP contribution in [0.5, 0.6) is 0 Å². The molecule has 7 heteroatoms. The number of hydrogen-bond acceptors (Lipinski definition) is 4. The molecule has 112 valence electrons. The lowest BCUT2D eigenvalue weighted by molar-refractivity contribution is 0.600. The topological polar surface area (TPSA) is 71.1 Å². The number of nitrogens with one attached hydrogen (secondary N) is 2. The molecule has 0 radical (unpaired) electrons. The van der Waals surface area contributed by atoms with E-state index in [9.17, 15) is 8.42 Å². The zero-order valence-corrected chi connectivity index (χ0v) is 13.9. The Morgan fingerprint density at radius 3 is 2.43 bits per heavy atom. The fraction of sp³-hybridized carbons (Fsp3) is 0.214. The van der Waals surface area contributed by atoms with Gasteiger partial charge in [-0.2, -0.15) is 0 Å². The van der Waals surface area contributed by atoms with Gasteiger partial charge in [-0.05, 0) is 40.2 Å². The van der Waals surface area contributed by atoms with Crippen LogP contribution >= 0.6 is 15.9 Å². The van der Waals surface area contributed by atoms with Gasteiger partial charge in [-0.3, -0.25) is 9.71 Å². The van der Waals surface area contributed by atoms with Crippen LogP contribution in [-0.2, 0) is 22.3 Å². The minimum absolute atomic E-state index is 0.0679. The van der Waals surface area contributed by atoms with Gasteiger partial charge in [0.1, 0.15) is 0 Å². The fourth-order valence-electron chi connectivity index (χ4n) is 1.84. The van der Waals surface area contributed by atoms with Crippen molar-refractivity contribution in [3.63, 3.8) is 0 Å². The van der Waals surface area contributed by atoms with Crippen LogP contribution in [0.3, 0.4) is 0 Å². The SMILES string of the molecule is CNCc1ccc(CS(=O)(=O)Nc2ccncc2Br)cc1. The highest BCUT2D eigenvalue weighted by Crippen LogP contribution is 2.22. The molecule has 0 fully saturated rings. The zero-order chi connectivity index (χ0) is 15.3. The molecule has 0 saturated heterocycles. The number of nitrogens with zero attached hydrogens (tertiary/aromatic N) is 1. The van der Waals surface area contributed by atoms with E-state index in [1.807, 2.05) is 31.3 Å². The Hall–Kier alpha value is -1.44. The summed E-state index contributed by atoms with van der Waals surface area (Å²) in [4.78, 5) is 3.90. The van der Waals surface area contributed by atoms with Gasteiger partial charge in [-0.25, -0.2) is 8.42 Å². The Bertz CT molecular complexity index is 702. The second-order valence-electron chi connectivity index (χ2n) is 4.56. The molecular formula is C14H16BrN3O2S. The molecule has 0 atom stereocenters. The van der Waals surface area contributed by atoms with Gasteiger partial charge in [0, 0.05) is 18.9 Å². The van der Waals surface area contributed by atoms with Crippen LogP contribution in [0.2, 0.25) is 0 Å². The van der Waals surface area contributed by atoms with Gasteiger partial charge in [0.05, 0.1) is 15.9 Å². The Morgan fingerprint density at radius 2 is 1.81 bits per heavy atom. The highest BCUT2D eigenvalue weighted by molar-refractivity contribution is 9.10. The fourth-order valence-corrected chi connectivity index (χ4v) is 3.54. The number of sulfonamides is 1. The molecule has 0 saturated carbocycles. The van der Waals surface area contributed by atoms with E-state index in [0.29, 0.717) is 10.2 Å². The smallest absolute Gasteiger partial charge is 0.236 e. The third-order valence-electron chi connectivity index (χ3n) is 2.80. The first-order valence-corrected chi connectivity index (χ1v) is 8.77. The van der Waals surface area contributed by atoms with Crippen LogP contribution in [0.1, 0.15) is 11.1 Å². The van der Waals surface area contributed by atoms with E-state index < -0.39 is 10.0 Å². The molecule has 1 aromatic heterocycles. The molecule has 5 nitrogen and oxygen atoms in total. The lowest BCUT2D eigenvalue weighted by atomic mass is 10.1. The molecule has 0 spiro atoms. The summed E-state index contributed by atoms with van der Waals surface area (Å²) in [6.07, 6.45) is 3.08. The van der Waals surface area contributed by atoms with Gasteiger partial charge in [0.25, 0.3) is 0 Å². The normalized spacial score (nSPS) is 11.3. The Balaban J connectivity index is 2.09. The number of pyridine rings is 1. The number of hydrogen-bond donors (Lipinski definition) is 2. The van der Waals surface area contributed by atoms with E-state index in [-0.39, 0.29) is 5.75 Å². The van der Waals surface area contributed by atoms with Crippen molar-refractivity contribution in [2.75, 3.05) is 11.8 Å². The number of anilines is 1. The Labute approximate surface area is 133 Å². The first kappa shape index (κ1) is 15.9. The van der Waals surface area contributed by atoms with Crippen molar-refractivity contribution in [1.82, 2.24) is 10.3 Å². The van der Waals surface area contributed by atoms with Gasteiger partial charge >= 0.3 is 0 Å². The quantitative estimate of drug-likeness (QED) is 0.820. The maximum atomic E-state index is 12.2. The molecule has 0 aliphatic heterocycles. The summed E-state index contributed by atoms with van der Waals surface area (Å²) in [5, 5.41) is 3.05. The van der Waals surface area contributed by atoms with Crippen LogP contribution in [0.15, 0.2) is 47.2 Å². The average molecular weight is 370 g/mol. The standard InChI is InChI=1S/C14H16BrN3O2S/c1-16-8-11-2-4-12(5-3-11)10-21(19,20)18-14-6-7-17-9-13(14)15/h2-7,9,16H,8,10H2,1H3,(H,17,18). The lowest BCUT2D eigenvalue weighted by Gasteiger charge is -2.09. The highest BCUT2D eigenvalue weighted by atomic mass is 79.9. The molecule has 0 bridgehead atoms. The van der Waals surface area contributed by atoms with Crippen LogP contribution in [0, 0.1) is 0 Å². The molecule has 0 aliphatic carbocycles.